The van der Waals surface area contributed by atoms with E-state index in [1.165, 1.54) is 0 Å². The first-order valence-corrected chi connectivity index (χ1v) is 2.70. The van der Waals surface area contributed by atoms with Gasteiger partial charge >= 0.3 is 0 Å². The van der Waals surface area contributed by atoms with Crippen LogP contribution in [0.4, 0.5) is 0 Å². The molecule has 3 heteroatoms. The zero-order chi connectivity index (χ0) is 6.04. The van der Waals surface area contributed by atoms with Crippen molar-refractivity contribution < 1.29 is 0 Å². The van der Waals surface area contributed by atoms with Gasteiger partial charge in [0, 0.05) is 24.8 Å². The molecule has 0 amide bonds. The fourth-order valence-corrected chi connectivity index (χ4v) is 0.593. The summed E-state index contributed by atoms with van der Waals surface area (Å²) in [4.78, 5) is 3.84. The molecule has 0 aromatic carbocycles. The van der Waals surface area contributed by atoms with Crippen molar-refractivity contribution in [2.75, 3.05) is 0 Å². The Labute approximate surface area is 53.5 Å². The van der Waals surface area contributed by atoms with Crippen LogP contribution in [0.25, 0.3) is 0 Å². The van der Waals surface area contributed by atoms with E-state index >= 15 is 0 Å². The summed E-state index contributed by atoms with van der Waals surface area (Å²) in [7, 11) is 0. The molecule has 0 saturated heterocycles. The van der Waals surface area contributed by atoms with Crippen molar-refractivity contribution in [3.05, 3.63) is 12.3 Å². The number of hydrogen-bond donors (Lipinski definition) is 0. The van der Waals surface area contributed by atoms with E-state index in [9.17, 15) is 0 Å². The number of nitrogens with zero attached hydrogens (tertiary/aromatic N) is 2. The third-order valence-corrected chi connectivity index (χ3v) is 1.42. The lowest BCUT2D eigenvalue weighted by Gasteiger charge is -2.05. The number of aliphatic imine (C=N–C) groups is 1. The molecule has 0 bridgehead atoms. The summed E-state index contributed by atoms with van der Waals surface area (Å²) in [6, 6.07) is 0. The Morgan fingerprint density at radius 2 is 2.50 bits per heavy atom. The summed E-state index contributed by atoms with van der Waals surface area (Å²) in [5.41, 5.74) is -0.296. The quantitative estimate of drug-likeness (QED) is 0.516. The maximum Gasteiger partial charge on any atom is 0.126 e. The molecule has 2 nitrogen and oxygen atoms in total. The van der Waals surface area contributed by atoms with Crippen LogP contribution < -0.4 is 0 Å². The van der Waals surface area contributed by atoms with Gasteiger partial charge in [0.25, 0.3) is 0 Å². The third-order valence-electron chi connectivity index (χ3n) is 1.03. The van der Waals surface area contributed by atoms with Crippen molar-refractivity contribution in [1.82, 2.24) is 0 Å². The van der Waals surface area contributed by atoms with E-state index in [2.05, 4.69) is 21.8 Å². The van der Waals surface area contributed by atoms with E-state index < -0.39 is 0 Å². The van der Waals surface area contributed by atoms with E-state index in [-0.39, 0.29) is 5.54 Å². The van der Waals surface area contributed by atoms with Crippen molar-refractivity contribution >= 4 is 18.6 Å². The lowest BCUT2D eigenvalue weighted by molar-refractivity contribution is 0.832. The Bertz CT molecular complexity index is 148. The van der Waals surface area contributed by atoms with Crippen LogP contribution in [0.15, 0.2) is 21.6 Å². The Hall–Kier alpha value is -0.570. The Balaban J connectivity index is 2.83. The van der Waals surface area contributed by atoms with Gasteiger partial charge < -0.3 is 0 Å². The molecule has 8 heavy (non-hydrogen) atoms. The molecule has 1 aliphatic rings. The second kappa shape index (κ2) is 1.74. The first-order chi connectivity index (χ1) is 3.77. The molecule has 0 aliphatic carbocycles. The zero-order valence-electron chi connectivity index (χ0n) is 4.53. The van der Waals surface area contributed by atoms with Crippen molar-refractivity contribution in [3.8, 4) is 0 Å². The smallest absolute Gasteiger partial charge is 0.126 e. The van der Waals surface area contributed by atoms with Crippen LogP contribution >= 0.6 is 0 Å². The lowest BCUT2D eigenvalue weighted by Crippen LogP contribution is -2.16. The second-order valence-electron chi connectivity index (χ2n) is 1.91. The van der Waals surface area contributed by atoms with Gasteiger partial charge in [0.2, 0.25) is 0 Å². The van der Waals surface area contributed by atoms with Crippen LogP contribution in [0.1, 0.15) is 6.92 Å². The topological polar surface area (TPSA) is 24.7 Å². The van der Waals surface area contributed by atoms with Crippen LogP contribution in [0, 0.1) is 0 Å². The van der Waals surface area contributed by atoms with Crippen molar-refractivity contribution in [3.63, 3.8) is 0 Å². The number of rotatable bonds is 1. The van der Waals surface area contributed by atoms with Gasteiger partial charge in [0.1, 0.15) is 5.54 Å². The minimum atomic E-state index is -0.296. The maximum absolute atomic E-state index is 4.51. The van der Waals surface area contributed by atoms with Gasteiger partial charge in [0.05, 0.1) is 0 Å². The molecule has 0 N–H and O–H groups in total. The van der Waals surface area contributed by atoms with Gasteiger partial charge in [0.15, 0.2) is 0 Å². The predicted molar refractivity (Wildman–Crippen MR) is 35.8 cm³/mol. The molecule has 0 saturated carbocycles. The van der Waals surface area contributed by atoms with E-state index in [4.69, 9.17) is 0 Å². The summed E-state index contributed by atoms with van der Waals surface area (Å²) >= 11 is 4.51. The molecular formula is C5H6N2S. The van der Waals surface area contributed by atoms with Crippen LogP contribution in [-0.4, -0.2) is 11.8 Å². The van der Waals surface area contributed by atoms with Crippen molar-refractivity contribution in [2.45, 2.75) is 12.5 Å². The van der Waals surface area contributed by atoms with E-state index in [0.29, 0.717) is 0 Å². The van der Waals surface area contributed by atoms with Gasteiger partial charge in [-0.2, -0.15) is 0 Å². The highest BCUT2D eigenvalue weighted by Gasteiger charge is 2.17. The van der Waals surface area contributed by atoms with Gasteiger partial charge in [-0.15, -0.1) is 0 Å². The lowest BCUT2D eigenvalue weighted by atomic mass is 10.1. The Kier molecular flexibility index (Phi) is 1.21. The summed E-state index contributed by atoms with van der Waals surface area (Å²) in [6.07, 6.45) is 5.29. The molecule has 1 unspecified atom stereocenters. The molecule has 0 aromatic rings. The molecular weight excluding hydrogens is 120 g/mol. The summed E-state index contributed by atoms with van der Waals surface area (Å²) in [5.74, 6) is 0. The van der Waals surface area contributed by atoms with E-state index in [1.54, 1.807) is 12.4 Å². The van der Waals surface area contributed by atoms with Gasteiger partial charge in [-0.1, -0.05) is 0 Å². The van der Waals surface area contributed by atoms with Crippen molar-refractivity contribution in [1.29, 1.82) is 0 Å². The second-order valence-corrected chi connectivity index (χ2v) is 2.09. The highest BCUT2D eigenvalue weighted by Crippen LogP contribution is 2.12. The van der Waals surface area contributed by atoms with Gasteiger partial charge in [-0.3, -0.25) is 4.99 Å². The fourth-order valence-electron chi connectivity index (χ4n) is 0.485. The van der Waals surface area contributed by atoms with Crippen LogP contribution in [0.2, 0.25) is 0 Å². The zero-order valence-corrected chi connectivity index (χ0v) is 5.35. The van der Waals surface area contributed by atoms with E-state index in [0.717, 1.165) is 0 Å². The van der Waals surface area contributed by atoms with Crippen LogP contribution in [-0.2, 0) is 12.4 Å². The molecule has 1 rings (SSSR count). The highest BCUT2D eigenvalue weighted by atomic mass is 32.1. The first kappa shape index (κ1) is 5.56. The Morgan fingerprint density at radius 1 is 1.75 bits per heavy atom. The molecule has 0 fully saturated rings. The summed E-state index contributed by atoms with van der Waals surface area (Å²) in [5, 5.41) is 0. The standard InChI is InChI=1S/C5H6N2S/c1-5(7-8)2-3-6-4-5/h2-4H,1H3. The molecule has 0 spiro atoms. The van der Waals surface area contributed by atoms with E-state index in [1.807, 2.05) is 13.0 Å². The highest BCUT2D eigenvalue weighted by molar-refractivity contribution is 7.47. The first-order valence-electron chi connectivity index (χ1n) is 2.33. The van der Waals surface area contributed by atoms with Crippen LogP contribution in [0.5, 0.6) is 0 Å². The third kappa shape index (κ3) is 0.816. The SMILES string of the molecule is CC1(N=S)C=CN=C1. The Morgan fingerprint density at radius 3 is 2.75 bits per heavy atom. The molecule has 0 aromatic heterocycles. The minimum Gasteiger partial charge on any atom is -0.266 e. The van der Waals surface area contributed by atoms with Gasteiger partial charge in [-0.05, 0) is 13.0 Å². The average molecular weight is 126 g/mol. The minimum absolute atomic E-state index is 0.296. The largest absolute Gasteiger partial charge is 0.266 e. The molecule has 1 aliphatic heterocycles. The molecule has 42 valence electrons. The normalized spacial score (nSPS) is 33.6. The molecule has 1 atom stereocenters. The van der Waals surface area contributed by atoms with Gasteiger partial charge in [-0.25, -0.2) is 4.36 Å². The molecule has 0 radical (unpaired) electrons. The monoisotopic (exact) mass is 126 g/mol. The summed E-state index contributed by atoms with van der Waals surface area (Å²) < 4.78 is 3.67. The fraction of sp³-hybridized carbons (Fsp3) is 0.400. The van der Waals surface area contributed by atoms with Crippen LogP contribution in [0.3, 0.4) is 0 Å². The number of hydrogen-bond acceptors (Lipinski definition) is 3. The summed E-state index contributed by atoms with van der Waals surface area (Å²) in [6.45, 7) is 1.91. The molecule has 1 heterocycles. The average Bonchev–Trinajstić information content (AvgIpc) is 2.17. The maximum atomic E-state index is 4.51. The van der Waals surface area contributed by atoms with Crippen molar-refractivity contribution in [2.24, 2.45) is 9.36 Å². The predicted octanol–water partition coefficient (Wildman–Crippen LogP) is 1.07.